The summed E-state index contributed by atoms with van der Waals surface area (Å²) in [5.41, 5.74) is 0. The molecule has 4 N–H and O–H groups in total. The summed E-state index contributed by atoms with van der Waals surface area (Å²) in [4.78, 5) is 10.3. The Morgan fingerprint density at radius 3 is 1.29 bits per heavy atom. The van der Waals surface area contributed by atoms with Gasteiger partial charge in [0, 0.05) is 6.42 Å². The minimum atomic E-state index is -0.654. The molecule has 0 aliphatic heterocycles. The molecule has 0 heterocycles. The van der Waals surface area contributed by atoms with E-state index < -0.39 is 5.97 Å². The molecule has 4 heteroatoms. The third kappa shape index (κ3) is 25.7. The van der Waals surface area contributed by atoms with Gasteiger partial charge < -0.3 is 12.7 Å². The van der Waals surface area contributed by atoms with Gasteiger partial charge in [-0.1, -0.05) is 90.4 Å². The molecule has 3 nitrogen and oxygen atoms in total. The Morgan fingerprint density at radius 2 is 1.00 bits per heavy atom. The fourth-order valence-electron chi connectivity index (χ4n) is 2.47. The molecule has 0 bridgehead atoms. The Hall–Kier alpha value is 0.430. The Bertz CT molecular complexity index is 207. The molecule has 0 aromatic carbocycles. The first kappa shape index (κ1) is 26.3. The Morgan fingerprint density at radius 1 is 0.714 bits per heavy atom. The summed E-state index contributed by atoms with van der Waals surface area (Å²) < 4.78 is 0. The molecule has 0 saturated heterocycles. The van der Waals surface area contributed by atoms with Crippen LogP contribution in [-0.2, 0) is 4.79 Å². The SMILES string of the molecule is CCCCCCCCCCCCCCCCC(=O)O.N.[H-].[Na+]. The van der Waals surface area contributed by atoms with Crippen LogP contribution in [0.3, 0.4) is 0 Å². The van der Waals surface area contributed by atoms with E-state index in [9.17, 15) is 4.79 Å². The van der Waals surface area contributed by atoms with E-state index in [1.165, 1.54) is 77.0 Å². The number of hydrogen-bond donors (Lipinski definition) is 2. The average molecular weight is 311 g/mol. The smallest absolute Gasteiger partial charge is 1.00 e. The van der Waals surface area contributed by atoms with Gasteiger partial charge in [-0.25, -0.2) is 0 Å². The van der Waals surface area contributed by atoms with Crippen LogP contribution in [0.15, 0.2) is 0 Å². The van der Waals surface area contributed by atoms with Crippen LogP contribution in [0.25, 0.3) is 0 Å². The molecule has 0 aliphatic rings. The molecule has 21 heavy (non-hydrogen) atoms. The third-order valence-electron chi connectivity index (χ3n) is 3.74. The quantitative estimate of drug-likeness (QED) is 0.360. The van der Waals surface area contributed by atoms with Crippen molar-refractivity contribution in [1.29, 1.82) is 0 Å². The molecule has 0 fully saturated rings. The van der Waals surface area contributed by atoms with Crippen molar-refractivity contribution < 1.29 is 40.9 Å². The molecule has 0 aromatic heterocycles. The maximum absolute atomic E-state index is 10.3. The number of carboxylic acid groups (broad SMARTS) is 1. The second-order valence-corrected chi connectivity index (χ2v) is 5.74. The van der Waals surface area contributed by atoms with Crippen LogP contribution in [0.1, 0.15) is 105 Å². The summed E-state index contributed by atoms with van der Waals surface area (Å²) in [6.07, 6.45) is 18.7. The van der Waals surface area contributed by atoms with Gasteiger partial charge in [0.2, 0.25) is 0 Å². The van der Waals surface area contributed by atoms with Gasteiger partial charge >= 0.3 is 35.5 Å². The average Bonchev–Trinajstić information content (AvgIpc) is 2.39. The molecule has 0 radical (unpaired) electrons. The Kier molecular flexibility index (Phi) is 28.5. The number of carboxylic acids is 1. The standard InChI is InChI=1S/C17H34O2.H3N.Na.H/c1-2-3-4-5-6-7-8-9-10-11-12-13-14-15-16-17(18)19;;;/h2-16H2,1H3,(H,18,19);1H3;;/q;;+1;-1. The predicted octanol–water partition coefficient (Wildman–Crippen LogP) is 3.22. The first-order valence-electron chi connectivity index (χ1n) is 8.49. The number of rotatable bonds is 15. The molecule has 0 aliphatic carbocycles. The maximum atomic E-state index is 10.3. The normalized spacial score (nSPS) is 9.76. The van der Waals surface area contributed by atoms with Crippen LogP contribution in [0, 0.1) is 0 Å². The Labute approximate surface area is 156 Å². The predicted molar refractivity (Wildman–Crippen MR) is 88.7 cm³/mol. The second kappa shape index (κ2) is 22.7. The van der Waals surface area contributed by atoms with E-state index in [-0.39, 0.29) is 37.1 Å². The van der Waals surface area contributed by atoms with Crippen LogP contribution >= 0.6 is 0 Å². The van der Waals surface area contributed by atoms with Gasteiger partial charge in [0.1, 0.15) is 0 Å². The minimum absolute atomic E-state index is 0. The van der Waals surface area contributed by atoms with Gasteiger partial charge in [-0.3, -0.25) is 4.79 Å². The molecule has 0 spiro atoms. The fourth-order valence-corrected chi connectivity index (χ4v) is 2.47. The van der Waals surface area contributed by atoms with Crippen molar-refractivity contribution in [2.45, 2.75) is 103 Å². The molecule has 124 valence electrons. The molecule has 0 saturated carbocycles. The van der Waals surface area contributed by atoms with Crippen molar-refractivity contribution in [3.05, 3.63) is 0 Å². The summed E-state index contributed by atoms with van der Waals surface area (Å²) in [6, 6.07) is 0. The van der Waals surface area contributed by atoms with Crippen molar-refractivity contribution in [1.82, 2.24) is 6.15 Å². The molecule has 0 unspecified atom stereocenters. The first-order chi connectivity index (χ1) is 9.27. The van der Waals surface area contributed by atoms with Crippen LogP contribution < -0.4 is 35.7 Å². The first-order valence-corrected chi connectivity index (χ1v) is 8.49. The summed E-state index contributed by atoms with van der Waals surface area (Å²) in [5, 5.41) is 8.50. The van der Waals surface area contributed by atoms with Gasteiger partial charge in [-0.05, 0) is 6.42 Å². The molecule has 0 rings (SSSR count). The van der Waals surface area contributed by atoms with Crippen molar-refractivity contribution in [3.63, 3.8) is 0 Å². The Balaban J connectivity index is -0.000000540. The van der Waals surface area contributed by atoms with Crippen molar-refractivity contribution >= 4 is 5.97 Å². The molecule has 0 atom stereocenters. The second-order valence-electron chi connectivity index (χ2n) is 5.74. The van der Waals surface area contributed by atoms with E-state index in [1.54, 1.807) is 0 Å². The van der Waals surface area contributed by atoms with Gasteiger partial charge in [0.25, 0.3) is 0 Å². The van der Waals surface area contributed by atoms with Crippen molar-refractivity contribution in [3.8, 4) is 0 Å². The van der Waals surface area contributed by atoms with Gasteiger partial charge in [-0.2, -0.15) is 0 Å². The molecule has 0 aromatic rings. The van der Waals surface area contributed by atoms with E-state index in [1.807, 2.05) is 0 Å². The molecular formula is C17H38NNaO2. The van der Waals surface area contributed by atoms with E-state index >= 15 is 0 Å². The summed E-state index contributed by atoms with van der Waals surface area (Å²) in [7, 11) is 0. The van der Waals surface area contributed by atoms with Crippen molar-refractivity contribution in [2.24, 2.45) is 0 Å². The van der Waals surface area contributed by atoms with E-state index in [0.717, 1.165) is 12.8 Å². The zero-order valence-corrected chi connectivity index (χ0v) is 16.7. The summed E-state index contributed by atoms with van der Waals surface area (Å²) in [6.45, 7) is 2.27. The van der Waals surface area contributed by atoms with Gasteiger partial charge in [-0.15, -0.1) is 0 Å². The fraction of sp³-hybridized carbons (Fsp3) is 0.941. The van der Waals surface area contributed by atoms with Crippen LogP contribution in [-0.4, -0.2) is 11.1 Å². The largest absolute Gasteiger partial charge is 1.00 e. The number of hydrogen-bond acceptors (Lipinski definition) is 2. The maximum Gasteiger partial charge on any atom is 1.00 e. The number of carbonyl (C=O) groups is 1. The van der Waals surface area contributed by atoms with E-state index in [2.05, 4.69) is 6.92 Å². The van der Waals surface area contributed by atoms with Crippen LogP contribution in [0.5, 0.6) is 0 Å². The minimum Gasteiger partial charge on any atom is -1.00 e. The zero-order valence-electron chi connectivity index (χ0n) is 15.7. The van der Waals surface area contributed by atoms with Crippen LogP contribution in [0.2, 0.25) is 0 Å². The zero-order chi connectivity index (χ0) is 14.2. The summed E-state index contributed by atoms with van der Waals surface area (Å²) >= 11 is 0. The topological polar surface area (TPSA) is 72.3 Å². The van der Waals surface area contributed by atoms with Crippen molar-refractivity contribution in [2.75, 3.05) is 0 Å². The van der Waals surface area contributed by atoms with Gasteiger partial charge in [0.05, 0.1) is 0 Å². The summed E-state index contributed by atoms with van der Waals surface area (Å²) in [5.74, 6) is -0.654. The molecule has 0 amide bonds. The van der Waals surface area contributed by atoms with E-state index in [4.69, 9.17) is 5.11 Å². The van der Waals surface area contributed by atoms with Gasteiger partial charge in [0.15, 0.2) is 0 Å². The number of unbranched alkanes of at least 4 members (excludes halogenated alkanes) is 13. The number of aliphatic carboxylic acids is 1. The molecular weight excluding hydrogens is 273 g/mol. The van der Waals surface area contributed by atoms with Crippen LogP contribution in [0.4, 0.5) is 0 Å². The van der Waals surface area contributed by atoms with E-state index in [0.29, 0.717) is 6.42 Å². The third-order valence-corrected chi connectivity index (χ3v) is 3.74. The monoisotopic (exact) mass is 311 g/mol.